The molecule has 168 valence electrons. The van der Waals surface area contributed by atoms with Crippen molar-refractivity contribution in [3.63, 3.8) is 0 Å². The smallest absolute Gasteiger partial charge is 0.254 e. The third-order valence-electron chi connectivity index (χ3n) is 6.98. The van der Waals surface area contributed by atoms with Gasteiger partial charge in [-0.15, -0.1) is 0 Å². The highest BCUT2D eigenvalue weighted by atomic mass is 79.9. The monoisotopic (exact) mass is 491 g/mol. The number of aliphatic hydroxyl groups is 2. The fraction of sp³-hybridized carbons (Fsp3) is 0.565. The molecule has 2 saturated heterocycles. The highest BCUT2D eigenvalue weighted by Gasteiger charge is 2.43. The van der Waals surface area contributed by atoms with E-state index in [0.29, 0.717) is 13.1 Å². The minimum absolute atomic E-state index is 0.0943. The second-order valence-corrected chi connectivity index (χ2v) is 9.93. The quantitative estimate of drug-likeness (QED) is 0.451. The Kier molecular flexibility index (Phi) is 6.81. The van der Waals surface area contributed by atoms with E-state index in [9.17, 15) is 19.8 Å². The lowest BCUT2D eigenvalue weighted by Gasteiger charge is -2.34. The number of benzene rings is 1. The first-order valence-corrected chi connectivity index (χ1v) is 11.8. The fourth-order valence-electron chi connectivity index (χ4n) is 4.84. The molecule has 0 bridgehead atoms. The number of hydrogen-bond donors (Lipinski definition) is 4. The summed E-state index contributed by atoms with van der Waals surface area (Å²) in [5.41, 5.74) is 1.00. The fourth-order valence-corrected chi connectivity index (χ4v) is 5.11. The highest BCUT2D eigenvalue weighted by Crippen LogP contribution is 2.39. The van der Waals surface area contributed by atoms with Crippen LogP contribution in [-0.2, 0) is 9.59 Å². The first-order valence-electron chi connectivity index (χ1n) is 11.0. The van der Waals surface area contributed by atoms with Crippen molar-refractivity contribution in [2.75, 3.05) is 26.2 Å². The zero-order valence-electron chi connectivity index (χ0n) is 17.5. The van der Waals surface area contributed by atoms with E-state index in [0.717, 1.165) is 48.8 Å². The number of carbonyl (C=O) groups is 2. The lowest BCUT2D eigenvalue weighted by Crippen LogP contribution is -2.52. The Morgan fingerprint density at radius 2 is 1.81 bits per heavy atom. The number of hydrogen-bond acceptors (Lipinski definition) is 5. The van der Waals surface area contributed by atoms with Crippen LogP contribution in [0.2, 0.25) is 0 Å². The normalized spacial score (nSPS) is 25.0. The highest BCUT2D eigenvalue weighted by molar-refractivity contribution is 9.10. The molecule has 3 aliphatic rings. The summed E-state index contributed by atoms with van der Waals surface area (Å²) >= 11 is 3.41. The van der Waals surface area contributed by atoms with Gasteiger partial charge in [-0.2, -0.15) is 0 Å². The van der Waals surface area contributed by atoms with Crippen LogP contribution in [0.1, 0.15) is 37.3 Å². The van der Waals surface area contributed by atoms with E-state index in [4.69, 9.17) is 0 Å². The maximum absolute atomic E-state index is 12.8. The van der Waals surface area contributed by atoms with Crippen molar-refractivity contribution in [2.24, 2.45) is 11.3 Å². The summed E-state index contributed by atoms with van der Waals surface area (Å²) in [6.45, 7) is 3.00. The molecule has 1 aromatic carbocycles. The number of amides is 2. The number of carbonyl (C=O) groups excluding carboxylic acids is 2. The molecule has 2 amide bonds. The molecule has 0 aromatic heterocycles. The molecule has 2 fully saturated rings. The van der Waals surface area contributed by atoms with Crippen LogP contribution in [0, 0.1) is 11.3 Å². The lowest BCUT2D eigenvalue weighted by atomic mass is 9.78. The maximum Gasteiger partial charge on any atom is 0.254 e. The molecule has 4 rings (SSSR count). The summed E-state index contributed by atoms with van der Waals surface area (Å²) < 4.78 is 0.934. The molecule has 31 heavy (non-hydrogen) atoms. The Bertz CT molecular complexity index is 838. The first-order chi connectivity index (χ1) is 14.9. The number of aliphatic hydroxyl groups excluding tert-OH is 2. The van der Waals surface area contributed by atoms with Crippen molar-refractivity contribution in [1.29, 1.82) is 0 Å². The van der Waals surface area contributed by atoms with Crippen molar-refractivity contribution in [3.8, 4) is 0 Å². The van der Waals surface area contributed by atoms with Crippen molar-refractivity contribution in [1.82, 2.24) is 15.5 Å². The van der Waals surface area contributed by atoms with Gasteiger partial charge in [-0.25, -0.2) is 0 Å². The molecule has 2 aliphatic heterocycles. The zero-order chi connectivity index (χ0) is 22.0. The average molecular weight is 492 g/mol. The van der Waals surface area contributed by atoms with Gasteiger partial charge >= 0.3 is 0 Å². The second kappa shape index (κ2) is 9.40. The molecular formula is C23H30BrN3O4. The number of likely N-dealkylation sites (tertiary alicyclic amines) is 1. The molecule has 2 heterocycles. The Balaban J connectivity index is 1.38. The summed E-state index contributed by atoms with van der Waals surface area (Å²) in [6.07, 6.45) is 4.20. The molecule has 1 spiro atoms. The van der Waals surface area contributed by atoms with Gasteiger partial charge in [0.05, 0.1) is 6.04 Å². The van der Waals surface area contributed by atoms with Gasteiger partial charge in [0, 0.05) is 23.5 Å². The number of piperidine rings is 1. The topological polar surface area (TPSA) is 102 Å². The summed E-state index contributed by atoms with van der Waals surface area (Å²) in [5, 5.41) is 27.2. The Hall–Kier alpha value is -1.74. The summed E-state index contributed by atoms with van der Waals surface area (Å²) in [7, 11) is 0. The Labute approximate surface area is 191 Å². The summed E-state index contributed by atoms with van der Waals surface area (Å²) in [5.74, 6) is -1.19. The summed E-state index contributed by atoms with van der Waals surface area (Å²) in [4.78, 5) is 27.2. The van der Waals surface area contributed by atoms with Crippen LogP contribution in [0.4, 0.5) is 0 Å². The van der Waals surface area contributed by atoms with E-state index in [1.54, 1.807) is 4.90 Å². The van der Waals surface area contributed by atoms with Crippen LogP contribution >= 0.6 is 15.9 Å². The largest absolute Gasteiger partial charge is 0.380 e. The number of allylic oxidation sites excluding steroid dienone is 1. The molecule has 4 N–H and O–H groups in total. The van der Waals surface area contributed by atoms with Crippen molar-refractivity contribution < 1.29 is 19.8 Å². The Morgan fingerprint density at radius 1 is 1.13 bits per heavy atom. The average Bonchev–Trinajstić information content (AvgIpc) is 3.14. The second-order valence-electron chi connectivity index (χ2n) is 9.01. The van der Waals surface area contributed by atoms with Crippen molar-refractivity contribution in [2.45, 2.75) is 43.9 Å². The van der Waals surface area contributed by atoms with Gasteiger partial charge in [-0.3, -0.25) is 9.59 Å². The van der Waals surface area contributed by atoms with Crippen LogP contribution in [-0.4, -0.2) is 65.3 Å². The third-order valence-corrected chi connectivity index (χ3v) is 7.51. The predicted molar refractivity (Wildman–Crippen MR) is 120 cm³/mol. The molecule has 1 aromatic rings. The van der Waals surface area contributed by atoms with E-state index < -0.39 is 24.0 Å². The van der Waals surface area contributed by atoms with Gasteiger partial charge in [-0.1, -0.05) is 40.2 Å². The standard InChI is InChI=1S/C23H30BrN3O4/c24-17-6-4-16(5-7-17)18(15-2-1-3-15)26-21(30)19(28)20(29)22(31)27-13-10-23(14-27)8-11-25-12-9-23/h1-2,4-7,15,18-20,25,28-29H,3,8-14H2,(H,26,30)/t15?,18-,19+,20+/m0/s1. The number of nitrogens with one attached hydrogen (secondary N) is 2. The Morgan fingerprint density at radius 3 is 2.42 bits per heavy atom. The van der Waals surface area contributed by atoms with Gasteiger partial charge in [0.15, 0.2) is 12.2 Å². The van der Waals surface area contributed by atoms with Crippen LogP contribution in [0.5, 0.6) is 0 Å². The minimum Gasteiger partial charge on any atom is -0.380 e. The van der Waals surface area contributed by atoms with Crippen LogP contribution < -0.4 is 10.6 Å². The van der Waals surface area contributed by atoms with Gasteiger partial charge in [0.2, 0.25) is 0 Å². The summed E-state index contributed by atoms with van der Waals surface area (Å²) in [6, 6.07) is 7.30. The van der Waals surface area contributed by atoms with Crippen molar-refractivity contribution >= 4 is 27.7 Å². The molecule has 1 aliphatic carbocycles. The molecule has 7 nitrogen and oxygen atoms in total. The first kappa shape index (κ1) is 22.5. The number of halogens is 1. The van der Waals surface area contributed by atoms with E-state index in [2.05, 4.69) is 26.6 Å². The van der Waals surface area contributed by atoms with Crippen LogP contribution in [0.3, 0.4) is 0 Å². The number of rotatable bonds is 6. The maximum atomic E-state index is 12.8. The minimum atomic E-state index is -1.81. The van der Waals surface area contributed by atoms with E-state index in [-0.39, 0.29) is 17.4 Å². The van der Waals surface area contributed by atoms with Gasteiger partial charge < -0.3 is 25.7 Å². The molecule has 8 heteroatoms. The molecule has 0 radical (unpaired) electrons. The van der Waals surface area contributed by atoms with Gasteiger partial charge in [0.25, 0.3) is 11.8 Å². The number of nitrogens with zero attached hydrogens (tertiary/aromatic N) is 1. The van der Waals surface area contributed by atoms with E-state index >= 15 is 0 Å². The SMILES string of the molecule is O=C(N[C@H](c1ccc(Br)cc1)C1C=CC1)[C@H](O)[C@@H](O)C(=O)N1CCC2(CCNCC2)C1. The molecular weight excluding hydrogens is 462 g/mol. The molecule has 0 saturated carbocycles. The lowest BCUT2D eigenvalue weighted by molar-refractivity contribution is -0.153. The molecule has 1 unspecified atom stereocenters. The van der Waals surface area contributed by atoms with E-state index in [1.807, 2.05) is 36.4 Å². The van der Waals surface area contributed by atoms with Crippen LogP contribution in [0.15, 0.2) is 40.9 Å². The van der Waals surface area contributed by atoms with Gasteiger partial charge in [0.1, 0.15) is 0 Å². The van der Waals surface area contributed by atoms with Crippen molar-refractivity contribution in [3.05, 3.63) is 46.5 Å². The predicted octanol–water partition coefficient (Wildman–Crippen LogP) is 1.51. The third kappa shape index (κ3) is 4.87. The zero-order valence-corrected chi connectivity index (χ0v) is 19.1. The van der Waals surface area contributed by atoms with Crippen LogP contribution in [0.25, 0.3) is 0 Å². The van der Waals surface area contributed by atoms with E-state index in [1.165, 1.54) is 0 Å². The molecule has 4 atom stereocenters. The van der Waals surface area contributed by atoms with Gasteiger partial charge in [-0.05, 0) is 61.9 Å².